The van der Waals surface area contributed by atoms with E-state index in [-0.39, 0.29) is 12.4 Å². The van der Waals surface area contributed by atoms with E-state index in [1.165, 1.54) is 22.3 Å². The molecule has 0 unspecified atom stereocenters. The molecule has 0 bridgehead atoms. The van der Waals surface area contributed by atoms with E-state index in [0.29, 0.717) is 6.04 Å². The van der Waals surface area contributed by atoms with Crippen LogP contribution < -0.4 is 5.32 Å². The molecule has 1 aliphatic carbocycles. The van der Waals surface area contributed by atoms with Gasteiger partial charge in [-0.25, -0.2) is 0 Å². The van der Waals surface area contributed by atoms with Crippen LogP contribution in [0.1, 0.15) is 17.2 Å². The average Bonchev–Trinajstić information content (AvgIpc) is 2.63. The summed E-state index contributed by atoms with van der Waals surface area (Å²) in [5.41, 5.74) is 5.52. The normalized spacial score (nSPS) is 12.8. The molecular formula is C14H14ClN. The van der Waals surface area contributed by atoms with Crippen molar-refractivity contribution < 1.29 is 0 Å². The van der Waals surface area contributed by atoms with E-state index in [1.54, 1.807) is 0 Å². The molecule has 1 aliphatic rings. The minimum absolute atomic E-state index is 0. The highest BCUT2D eigenvalue weighted by atomic mass is 35.5. The summed E-state index contributed by atoms with van der Waals surface area (Å²) in [6, 6.07) is 17.6. The SMILES string of the molecule is CNC1c2ccccc2-c2ccccc21.Cl. The molecule has 2 aromatic rings. The predicted molar refractivity (Wildman–Crippen MR) is 70.0 cm³/mol. The second-order valence-corrected chi connectivity index (χ2v) is 3.90. The van der Waals surface area contributed by atoms with Gasteiger partial charge in [0.1, 0.15) is 0 Å². The van der Waals surface area contributed by atoms with Crippen LogP contribution in [-0.2, 0) is 0 Å². The monoisotopic (exact) mass is 231 g/mol. The third-order valence-electron chi connectivity index (χ3n) is 3.12. The molecule has 0 atom stereocenters. The maximum Gasteiger partial charge on any atom is 0.0586 e. The van der Waals surface area contributed by atoms with Crippen LogP contribution >= 0.6 is 12.4 Å². The van der Waals surface area contributed by atoms with Gasteiger partial charge in [-0.05, 0) is 29.3 Å². The highest BCUT2D eigenvalue weighted by molar-refractivity contribution is 5.85. The van der Waals surface area contributed by atoms with Crippen molar-refractivity contribution >= 4 is 12.4 Å². The molecule has 82 valence electrons. The molecular weight excluding hydrogens is 218 g/mol. The lowest BCUT2D eigenvalue weighted by atomic mass is 10.1. The molecule has 0 amide bonds. The van der Waals surface area contributed by atoms with Gasteiger partial charge in [-0.2, -0.15) is 0 Å². The first kappa shape index (κ1) is 11.2. The summed E-state index contributed by atoms with van der Waals surface area (Å²) < 4.78 is 0. The molecule has 2 heteroatoms. The fourth-order valence-corrected chi connectivity index (χ4v) is 2.47. The van der Waals surface area contributed by atoms with E-state index in [2.05, 4.69) is 53.8 Å². The van der Waals surface area contributed by atoms with E-state index in [1.807, 2.05) is 7.05 Å². The van der Waals surface area contributed by atoms with Gasteiger partial charge in [-0.3, -0.25) is 0 Å². The molecule has 1 nitrogen and oxygen atoms in total. The Morgan fingerprint density at radius 2 is 1.25 bits per heavy atom. The quantitative estimate of drug-likeness (QED) is 0.793. The fourth-order valence-electron chi connectivity index (χ4n) is 2.47. The maximum atomic E-state index is 3.38. The van der Waals surface area contributed by atoms with E-state index < -0.39 is 0 Å². The summed E-state index contributed by atoms with van der Waals surface area (Å²) in [7, 11) is 2.02. The second-order valence-electron chi connectivity index (χ2n) is 3.90. The fraction of sp³-hybridized carbons (Fsp3) is 0.143. The summed E-state index contributed by atoms with van der Waals surface area (Å²) >= 11 is 0. The van der Waals surface area contributed by atoms with E-state index in [4.69, 9.17) is 0 Å². The third kappa shape index (κ3) is 1.44. The standard InChI is InChI=1S/C14H13N.ClH/c1-15-14-12-8-4-2-6-10(12)11-7-3-5-9-13(11)14;/h2-9,14-15H,1H3;1H. The predicted octanol–water partition coefficient (Wildman–Crippen LogP) is 3.40. The smallest absolute Gasteiger partial charge is 0.0586 e. The first-order chi connectivity index (χ1) is 7.42. The highest BCUT2D eigenvalue weighted by Crippen LogP contribution is 2.42. The van der Waals surface area contributed by atoms with Crippen molar-refractivity contribution in [2.75, 3.05) is 7.05 Å². The molecule has 2 aromatic carbocycles. The maximum absolute atomic E-state index is 3.38. The van der Waals surface area contributed by atoms with Crippen LogP contribution in [0.25, 0.3) is 11.1 Å². The zero-order valence-corrected chi connectivity index (χ0v) is 9.92. The summed E-state index contributed by atoms with van der Waals surface area (Å²) in [5, 5.41) is 3.38. The molecule has 0 heterocycles. The Kier molecular flexibility index (Phi) is 2.99. The van der Waals surface area contributed by atoms with Crippen LogP contribution in [0.5, 0.6) is 0 Å². The van der Waals surface area contributed by atoms with Gasteiger partial charge in [-0.1, -0.05) is 48.5 Å². The number of benzene rings is 2. The van der Waals surface area contributed by atoms with Gasteiger partial charge in [-0.15, -0.1) is 12.4 Å². The number of rotatable bonds is 1. The molecule has 0 saturated heterocycles. The van der Waals surface area contributed by atoms with Gasteiger partial charge >= 0.3 is 0 Å². The molecule has 16 heavy (non-hydrogen) atoms. The molecule has 0 saturated carbocycles. The molecule has 0 spiro atoms. The summed E-state index contributed by atoms with van der Waals surface area (Å²) in [6.45, 7) is 0. The number of hydrogen-bond acceptors (Lipinski definition) is 1. The molecule has 0 aromatic heterocycles. The van der Waals surface area contributed by atoms with Gasteiger partial charge in [0.15, 0.2) is 0 Å². The zero-order valence-electron chi connectivity index (χ0n) is 9.10. The van der Waals surface area contributed by atoms with E-state index in [9.17, 15) is 0 Å². The van der Waals surface area contributed by atoms with Crippen molar-refractivity contribution in [1.29, 1.82) is 0 Å². The van der Waals surface area contributed by atoms with Crippen molar-refractivity contribution in [3.63, 3.8) is 0 Å². The first-order valence-corrected chi connectivity index (χ1v) is 5.27. The van der Waals surface area contributed by atoms with Crippen molar-refractivity contribution in [2.24, 2.45) is 0 Å². The lowest BCUT2D eigenvalue weighted by Crippen LogP contribution is -2.14. The summed E-state index contributed by atoms with van der Waals surface area (Å²) in [4.78, 5) is 0. The van der Waals surface area contributed by atoms with Gasteiger partial charge in [0.05, 0.1) is 6.04 Å². The van der Waals surface area contributed by atoms with Crippen LogP contribution in [0.15, 0.2) is 48.5 Å². The molecule has 0 radical (unpaired) electrons. The second kappa shape index (κ2) is 4.28. The van der Waals surface area contributed by atoms with Gasteiger partial charge in [0.2, 0.25) is 0 Å². The highest BCUT2D eigenvalue weighted by Gasteiger charge is 2.25. The molecule has 0 aliphatic heterocycles. The van der Waals surface area contributed by atoms with Crippen molar-refractivity contribution in [3.05, 3.63) is 59.7 Å². The number of halogens is 1. The topological polar surface area (TPSA) is 12.0 Å². The van der Waals surface area contributed by atoms with E-state index in [0.717, 1.165) is 0 Å². The lowest BCUT2D eigenvalue weighted by Gasteiger charge is -2.11. The Morgan fingerprint density at radius 1 is 0.812 bits per heavy atom. The number of nitrogens with one attached hydrogen (secondary N) is 1. The zero-order chi connectivity index (χ0) is 10.3. The minimum Gasteiger partial charge on any atom is -0.309 e. The minimum atomic E-state index is 0. The van der Waals surface area contributed by atoms with Crippen molar-refractivity contribution in [1.82, 2.24) is 5.32 Å². The summed E-state index contributed by atoms with van der Waals surface area (Å²) in [5.74, 6) is 0. The van der Waals surface area contributed by atoms with Crippen LogP contribution in [0.4, 0.5) is 0 Å². The largest absolute Gasteiger partial charge is 0.309 e. The van der Waals surface area contributed by atoms with Crippen molar-refractivity contribution in [2.45, 2.75) is 6.04 Å². The molecule has 1 N–H and O–H groups in total. The Hall–Kier alpha value is -1.31. The Balaban J connectivity index is 0.000000963. The lowest BCUT2D eigenvalue weighted by molar-refractivity contribution is 0.707. The van der Waals surface area contributed by atoms with E-state index >= 15 is 0 Å². The first-order valence-electron chi connectivity index (χ1n) is 5.27. The Morgan fingerprint density at radius 3 is 1.69 bits per heavy atom. The number of fused-ring (bicyclic) bond motifs is 3. The molecule has 0 fully saturated rings. The average molecular weight is 232 g/mol. The third-order valence-corrected chi connectivity index (χ3v) is 3.12. The van der Waals surface area contributed by atoms with Crippen LogP contribution in [-0.4, -0.2) is 7.05 Å². The van der Waals surface area contributed by atoms with Crippen LogP contribution in [0, 0.1) is 0 Å². The van der Waals surface area contributed by atoms with Crippen molar-refractivity contribution in [3.8, 4) is 11.1 Å². The van der Waals surface area contributed by atoms with Crippen LogP contribution in [0.3, 0.4) is 0 Å². The number of hydrogen-bond donors (Lipinski definition) is 1. The Bertz CT molecular complexity index is 462. The summed E-state index contributed by atoms with van der Waals surface area (Å²) in [6.07, 6.45) is 0. The Labute approximate surface area is 102 Å². The molecule has 3 rings (SSSR count). The van der Waals surface area contributed by atoms with Gasteiger partial charge in [0, 0.05) is 0 Å². The van der Waals surface area contributed by atoms with Crippen LogP contribution in [0.2, 0.25) is 0 Å². The van der Waals surface area contributed by atoms with Gasteiger partial charge in [0.25, 0.3) is 0 Å². The van der Waals surface area contributed by atoms with Gasteiger partial charge < -0.3 is 5.32 Å².